The number of amides is 2. The van der Waals surface area contributed by atoms with Crippen molar-refractivity contribution in [1.29, 1.82) is 0 Å². The average Bonchev–Trinajstić information content (AvgIpc) is 3.16. The third-order valence-corrected chi connectivity index (χ3v) is 5.86. The van der Waals surface area contributed by atoms with Crippen LogP contribution in [0.2, 0.25) is 0 Å². The number of nitrogens with zero attached hydrogens (tertiary/aromatic N) is 3. The van der Waals surface area contributed by atoms with Crippen molar-refractivity contribution >= 4 is 44.6 Å². The first-order chi connectivity index (χ1) is 16.0. The van der Waals surface area contributed by atoms with Crippen molar-refractivity contribution in [3.8, 4) is 5.69 Å². The van der Waals surface area contributed by atoms with Crippen molar-refractivity contribution in [2.75, 3.05) is 11.4 Å². The number of rotatable bonds is 6. The molecule has 1 aromatic heterocycles. The number of aromatic nitrogens is 2. The van der Waals surface area contributed by atoms with Crippen LogP contribution < -0.4 is 10.2 Å². The number of aryl methyl sites for hydroxylation is 1. The minimum Gasteiger partial charge on any atom is -0.340 e. The molecule has 1 aliphatic heterocycles. The van der Waals surface area contributed by atoms with Gasteiger partial charge in [-0.1, -0.05) is 43.3 Å². The molecule has 0 saturated heterocycles. The van der Waals surface area contributed by atoms with Gasteiger partial charge in [0.1, 0.15) is 17.7 Å². The number of allylic oxidation sites excluding steroid dienone is 1. The van der Waals surface area contributed by atoms with E-state index >= 15 is 0 Å². The SMILES string of the molecule is CC/C=C/C(=O)N[C@@H]1C(=O)N(CC)c2c(c(C)nn2-c2ccccc2)[C@@H]1c1ccc(F)cc1.S.S. The first-order valence-electron chi connectivity index (χ1n) is 11.1. The van der Waals surface area contributed by atoms with E-state index in [9.17, 15) is 14.0 Å². The Bertz CT molecular complexity index is 1200. The standard InChI is InChI=1S/C26H27FN4O2.2H2S/c1-4-6-12-21(32)28-24-23(18-13-15-19(27)16-14-18)22-17(3)29-31(20-10-8-7-9-11-20)25(22)30(5-2)26(24)33;;/h6-16,23-24H,4-5H2,1-3H3,(H,28,32);2*1H2/b12-6+;;/t23-,24-;;/m0../s1. The number of nitrogens with one attached hydrogen (secondary N) is 1. The molecule has 0 aliphatic carbocycles. The Hall–Kier alpha value is -3.04. The number of hydrogen-bond donors (Lipinski definition) is 1. The Morgan fingerprint density at radius 1 is 1.09 bits per heavy atom. The van der Waals surface area contributed by atoms with Crippen molar-refractivity contribution in [1.82, 2.24) is 15.1 Å². The number of hydrogen-bond acceptors (Lipinski definition) is 3. The van der Waals surface area contributed by atoms with Crippen LogP contribution >= 0.6 is 27.0 Å². The monoisotopic (exact) mass is 514 g/mol. The lowest BCUT2D eigenvalue weighted by molar-refractivity contribution is -0.126. The topological polar surface area (TPSA) is 67.2 Å². The Morgan fingerprint density at radius 2 is 1.74 bits per heavy atom. The molecular formula is C26H31FN4O2S2. The fraction of sp³-hybridized carbons (Fsp3) is 0.269. The number of likely N-dealkylation sites (N-methyl/N-ethyl adjacent to an activating group) is 1. The molecule has 0 spiro atoms. The molecule has 1 aliphatic rings. The summed E-state index contributed by atoms with van der Waals surface area (Å²) in [5.74, 6) is -0.758. The minimum absolute atomic E-state index is 0. The summed E-state index contributed by atoms with van der Waals surface area (Å²) in [6, 6.07) is 14.9. The van der Waals surface area contributed by atoms with Crippen LogP contribution in [-0.4, -0.2) is 34.2 Å². The van der Waals surface area contributed by atoms with Crippen molar-refractivity contribution in [3.05, 3.63) is 89.4 Å². The normalized spacial score (nSPS) is 16.9. The van der Waals surface area contributed by atoms with Gasteiger partial charge in [-0.25, -0.2) is 9.07 Å². The van der Waals surface area contributed by atoms with Crippen LogP contribution in [-0.2, 0) is 9.59 Å². The molecule has 0 unspecified atom stereocenters. The zero-order valence-electron chi connectivity index (χ0n) is 20.0. The van der Waals surface area contributed by atoms with E-state index in [2.05, 4.69) is 5.32 Å². The van der Waals surface area contributed by atoms with Crippen molar-refractivity contribution in [2.45, 2.75) is 39.2 Å². The maximum absolute atomic E-state index is 13.7. The lowest BCUT2D eigenvalue weighted by atomic mass is 9.81. The zero-order chi connectivity index (χ0) is 23.5. The Morgan fingerprint density at radius 3 is 2.34 bits per heavy atom. The summed E-state index contributed by atoms with van der Waals surface area (Å²) in [5, 5.41) is 7.67. The molecule has 6 nitrogen and oxygen atoms in total. The van der Waals surface area contributed by atoms with E-state index in [1.807, 2.05) is 51.1 Å². The van der Waals surface area contributed by atoms with Crippen LogP contribution in [0.4, 0.5) is 10.2 Å². The highest BCUT2D eigenvalue weighted by molar-refractivity contribution is 7.59. The molecule has 0 bridgehead atoms. The Balaban J connectivity index is 0.00000216. The van der Waals surface area contributed by atoms with E-state index in [1.54, 1.807) is 27.8 Å². The van der Waals surface area contributed by atoms with Gasteiger partial charge < -0.3 is 5.32 Å². The van der Waals surface area contributed by atoms with Crippen LogP contribution in [0, 0.1) is 12.7 Å². The van der Waals surface area contributed by atoms with Crippen LogP contribution in [0.25, 0.3) is 5.69 Å². The van der Waals surface area contributed by atoms with Crippen molar-refractivity contribution < 1.29 is 14.0 Å². The lowest BCUT2D eigenvalue weighted by Gasteiger charge is -2.38. The molecule has 1 N–H and O–H groups in total. The first kappa shape index (κ1) is 28.2. The molecule has 2 aromatic carbocycles. The van der Waals surface area contributed by atoms with Crippen molar-refractivity contribution in [2.24, 2.45) is 0 Å². The van der Waals surface area contributed by atoms with E-state index < -0.39 is 12.0 Å². The summed E-state index contributed by atoms with van der Waals surface area (Å²) in [5.41, 5.74) is 3.16. The van der Waals surface area contributed by atoms with Gasteiger partial charge in [-0.15, -0.1) is 0 Å². The molecule has 2 amide bonds. The van der Waals surface area contributed by atoms with E-state index in [4.69, 9.17) is 5.10 Å². The number of halogens is 1. The molecule has 2 atom stereocenters. The Kier molecular flexibility index (Phi) is 9.73. The predicted molar refractivity (Wildman–Crippen MR) is 147 cm³/mol. The summed E-state index contributed by atoms with van der Waals surface area (Å²) < 4.78 is 15.5. The fourth-order valence-electron chi connectivity index (χ4n) is 4.39. The highest BCUT2D eigenvalue weighted by Crippen LogP contribution is 2.43. The van der Waals surface area contributed by atoms with Gasteiger partial charge >= 0.3 is 0 Å². The largest absolute Gasteiger partial charge is 0.340 e. The highest BCUT2D eigenvalue weighted by atomic mass is 32.1. The summed E-state index contributed by atoms with van der Waals surface area (Å²) in [6.45, 7) is 6.14. The second kappa shape index (κ2) is 12.1. The number of carbonyl (C=O) groups excluding carboxylic acids is 2. The summed E-state index contributed by atoms with van der Waals surface area (Å²) in [6.07, 6.45) is 3.90. The van der Waals surface area contributed by atoms with E-state index in [1.165, 1.54) is 18.2 Å². The highest BCUT2D eigenvalue weighted by Gasteiger charge is 2.45. The van der Waals surface area contributed by atoms with Gasteiger partial charge in [-0.2, -0.15) is 32.1 Å². The number of fused-ring (bicyclic) bond motifs is 1. The summed E-state index contributed by atoms with van der Waals surface area (Å²) >= 11 is 0. The van der Waals surface area contributed by atoms with Gasteiger partial charge in [0.05, 0.1) is 11.4 Å². The molecule has 0 fully saturated rings. The molecule has 186 valence electrons. The maximum atomic E-state index is 13.7. The van der Waals surface area contributed by atoms with Gasteiger partial charge in [0.2, 0.25) is 5.91 Å². The number of benzene rings is 2. The van der Waals surface area contributed by atoms with E-state index in [-0.39, 0.29) is 44.6 Å². The number of carbonyl (C=O) groups is 2. The van der Waals surface area contributed by atoms with Gasteiger partial charge in [0.25, 0.3) is 5.91 Å². The lowest BCUT2D eigenvalue weighted by Crippen LogP contribution is -2.55. The van der Waals surface area contributed by atoms with Gasteiger partial charge in [-0.3, -0.25) is 14.5 Å². The third-order valence-electron chi connectivity index (χ3n) is 5.86. The van der Waals surface area contributed by atoms with E-state index in [0.29, 0.717) is 18.8 Å². The third kappa shape index (κ3) is 5.46. The van der Waals surface area contributed by atoms with Gasteiger partial charge in [0.15, 0.2) is 0 Å². The molecular weight excluding hydrogens is 483 g/mol. The second-order valence-corrected chi connectivity index (χ2v) is 7.98. The first-order valence-corrected chi connectivity index (χ1v) is 11.1. The van der Waals surface area contributed by atoms with Crippen LogP contribution in [0.3, 0.4) is 0 Å². The van der Waals surface area contributed by atoms with Crippen LogP contribution in [0.5, 0.6) is 0 Å². The molecule has 0 radical (unpaired) electrons. The fourth-order valence-corrected chi connectivity index (χ4v) is 4.39. The van der Waals surface area contributed by atoms with Gasteiger partial charge in [0, 0.05) is 18.0 Å². The van der Waals surface area contributed by atoms with Gasteiger partial charge in [-0.05, 0) is 56.2 Å². The molecule has 9 heteroatoms. The molecule has 35 heavy (non-hydrogen) atoms. The summed E-state index contributed by atoms with van der Waals surface area (Å²) in [4.78, 5) is 28.0. The van der Waals surface area contributed by atoms with Crippen LogP contribution in [0.15, 0.2) is 66.7 Å². The van der Waals surface area contributed by atoms with Crippen LogP contribution in [0.1, 0.15) is 43.0 Å². The predicted octanol–water partition coefficient (Wildman–Crippen LogP) is 4.49. The molecule has 0 saturated carbocycles. The number of anilines is 1. The minimum atomic E-state index is -0.843. The maximum Gasteiger partial charge on any atom is 0.251 e. The zero-order valence-corrected chi connectivity index (χ0v) is 22.0. The molecule has 3 aromatic rings. The van der Waals surface area contributed by atoms with E-state index in [0.717, 1.165) is 22.5 Å². The number of para-hydroxylation sites is 1. The summed E-state index contributed by atoms with van der Waals surface area (Å²) in [7, 11) is 0. The molecule has 4 rings (SSSR count). The quantitative estimate of drug-likeness (QED) is 0.493. The molecule has 2 heterocycles. The second-order valence-electron chi connectivity index (χ2n) is 7.98. The Labute approximate surface area is 219 Å². The van der Waals surface area contributed by atoms with Crippen molar-refractivity contribution in [3.63, 3.8) is 0 Å². The average molecular weight is 515 g/mol. The smallest absolute Gasteiger partial charge is 0.251 e.